The summed E-state index contributed by atoms with van der Waals surface area (Å²) in [5, 5.41) is 3.77. The molecule has 18 heavy (non-hydrogen) atoms. The summed E-state index contributed by atoms with van der Waals surface area (Å²) >= 11 is 0. The van der Waals surface area contributed by atoms with E-state index in [-0.39, 0.29) is 27.0 Å². The van der Waals surface area contributed by atoms with Crippen LogP contribution < -0.4 is 0 Å². The third-order valence-corrected chi connectivity index (χ3v) is 2.06. The van der Waals surface area contributed by atoms with Gasteiger partial charge in [0.05, 0.1) is 11.3 Å². The van der Waals surface area contributed by atoms with Gasteiger partial charge in [0.15, 0.2) is 0 Å². The van der Waals surface area contributed by atoms with Crippen LogP contribution >= 0.6 is 0 Å². The number of hydrogen-bond acceptors (Lipinski definition) is 2. The Labute approximate surface area is 119 Å². The predicted octanol–water partition coefficient (Wildman–Crippen LogP) is 2.34. The maximum Gasteiger partial charge on any atom is 2.00 e. The first-order valence-electron chi connectivity index (χ1n) is 5.13. The van der Waals surface area contributed by atoms with Crippen molar-refractivity contribution in [3.05, 3.63) is 71.4 Å². The van der Waals surface area contributed by atoms with Crippen molar-refractivity contribution < 1.29 is 25.9 Å². The van der Waals surface area contributed by atoms with Gasteiger partial charge in [-0.1, -0.05) is 24.3 Å². The zero-order valence-corrected chi connectivity index (χ0v) is 11.7. The van der Waals surface area contributed by atoms with Crippen LogP contribution in [-0.4, -0.2) is 21.9 Å². The van der Waals surface area contributed by atoms with Crippen LogP contribution in [0.3, 0.4) is 0 Å². The fourth-order valence-corrected chi connectivity index (χ4v) is 1.24. The van der Waals surface area contributed by atoms with Crippen molar-refractivity contribution in [1.82, 2.24) is 4.98 Å². The second kappa shape index (κ2) is 7.51. The van der Waals surface area contributed by atoms with Crippen molar-refractivity contribution in [2.24, 2.45) is 5.10 Å². The fraction of sp³-hybridized carbons (Fsp3) is 0. The number of rotatable bonds is 3. The first-order valence-corrected chi connectivity index (χ1v) is 5.13. The number of pyridine rings is 1. The molecule has 92 valence electrons. The number of benzene rings is 1. The van der Waals surface area contributed by atoms with E-state index in [0.717, 1.165) is 0 Å². The van der Waals surface area contributed by atoms with Crippen molar-refractivity contribution in [2.75, 3.05) is 0 Å². The Bertz CT molecular complexity index is 514. The Balaban J connectivity index is 0.00000162. The van der Waals surface area contributed by atoms with E-state index < -0.39 is 0 Å². The maximum absolute atomic E-state index is 9.61. The van der Waals surface area contributed by atoms with Gasteiger partial charge in [0.2, 0.25) is 0 Å². The first kappa shape index (κ1) is 14.3. The minimum absolute atomic E-state index is 0. The van der Waals surface area contributed by atoms with Gasteiger partial charge in [-0.2, -0.15) is 0 Å². The summed E-state index contributed by atoms with van der Waals surface area (Å²) in [7, 11) is 0. The van der Waals surface area contributed by atoms with Gasteiger partial charge in [-0.3, -0.25) is 9.78 Å². The third-order valence-electron chi connectivity index (χ3n) is 2.06. The number of carbonyl (C=O) groups excluding carboxylic acids is 1. The Hall–Kier alpha value is -1.80. The van der Waals surface area contributed by atoms with E-state index in [0.29, 0.717) is 11.3 Å². The van der Waals surface area contributed by atoms with Crippen LogP contribution in [0.5, 0.6) is 0 Å². The molecule has 0 spiro atoms. The zero-order chi connectivity index (χ0) is 11.9. The molecule has 0 bridgehead atoms. The Morgan fingerprint density at radius 2 is 1.83 bits per heavy atom. The molecular formula is C13H11N3OPt+2. The molecule has 1 N–H and O–H groups in total. The van der Waals surface area contributed by atoms with Crippen molar-refractivity contribution in [2.45, 2.75) is 0 Å². The molecule has 4 nitrogen and oxygen atoms in total. The molecule has 0 fully saturated rings. The number of amides is 1. The van der Waals surface area contributed by atoms with Crippen molar-refractivity contribution in [1.29, 1.82) is 0 Å². The van der Waals surface area contributed by atoms with Crippen LogP contribution in [0.2, 0.25) is 0 Å². The summed E-state index contributed by atoms with van der Waals surface area (Å²) in [6.07, 6.45) is 3.15. The SMILES string of the molecule is [OH+]=C([N-]N=Cc1ccccn1)c1ccccc1.[Pt+2]. The maximum atomic E-state index is 9.61. The van der Waals surface area contributed by atoms with Gasteiger partial charge in [-0.05, 0) is 24.3 Å². The smallest absolute Gasteiger partial charge is 0.490 e. The molecule has 1 aromatic carbocycles. The largest absolute Gasteiger partial charge is 2.00 e. The normalized spacial score (nSPS) is 9.78. The van der Waals surface area contributed by atoms with Crippen LogP contribution in [0.4, 0.5) is 0 Å². The monoisotopic (exact) mass is 420 g/mol. The quantitative estimate of drug-likeness (QED) is 0.427. The first-order chi connectivity index (χ1) is 8.36. The molecule has 5 heteroatoms. The van der Waals surface area contributed by atoms with Gasteiger partial charge in [-0.15, -0.1) is 0 Å². The van der Waals surface area contributed by atoms with Gasteiger partial charge < -0.3 is 10.5 Å². The Morgan fingerprint density at radius 3 is 2.50 bits per heavy atom. The molecular weight excluding hydrogens is 409 g/mol. The van der Waals surface area contributed by atoms with Crippen molar-refractivity contribution in [3.8, 4) is 0 Å². The molecule has 2 aromatic rings. The zero-order valence-electron chi connectivity index (χ0n) is 9.38. The predicted molar refractivity (Wildman–Crippen MR) is 67.7 cm³/mol. The molecule has 1 heterocycles. The molecule has 0 unspecified atom stereocenters. The van der Waals surface area contributed by atoms with E-state index >= 15 is 0 Å². The average molecular weight is 420 g/mol. The summed E-state index contributed by atoms with van der Waals surface area (Å²) < 4.78 is 0. The second-order valence-corrected chi connectivity index (χ2v) is 3.29. The standard InChI is InChI=1S/C13H11N3O.Pt/c17-13(11-6-2-1-3-7-11)16-15-10-12-8-4-5-9-14-12;/h1-10H,(H,14,16,17);/q;+2. The van der Waals surface area contributed by atoms with Crippen LogP contribution in [0.25, 0.3) is 5.43 Å². The third kappa shape index (κ3) is 4.22. The van der Waals surface area contributed by atoms with E-state index in [4.69, 9.17) is 0 Å². The van der Waals surface area contributed by atoms with E-state index in [1.807, 2.05) is 30.3 Å². The molecule has 0 radical (unpaired) electrons. The Kier molecular flexibility index (Phi) is 5.95. The summed E-state index contributed by atoms with van der Waals surface area (Å²) in [5.74, 6) is -0.113. The van der Waals surface area contributed by atoms with Gasteiger partial charge in [0.25, 0.3) is 5.91 Å². The van der Waals surface area contributed by atoms with Crippen LogP contribution in [0.15, 0.2) is 59.8 Å². The molecule has 0 saturated carbocycles. The molecule has 0 saturated heterocycles. The van der Waals surface area contributed by atoms with Gasteiger partial charge >= 0.3 is 21.1 Å². The molecule has 2 rings (SSSR count). The molecule has 0 aliphatic carbocycles. The molecule has 1 amide bonds. The van der Waals surface area contributed by atoms with Gasteiger partial charge in [0, 0.05) is 12.4 Å². The van der Waals surface area contributed by atoms with E-state index in [9.17, 15) is 4.79 Å². The number of hydrogen-bond donors (Lipinski definition) is 0. The van der Waals surface area contributed by atoms with Crippen LogP contribution in [-0.2, 0) is 21.1 Å². The minimum Gasteiger partial charge on any atom is -0.490 e. The number of nitrogens with zero attached hydrogens (tertiary/aromatic N) is 3. The molecule has 0 aliphatic heterocycles. The summed E-state index contributed by atoms with van der Waals surface area (Å²) in [6.45, 7) is 0. The van der Waals surface area contributed by atoms with E-state index in [1.54, 1.807) is 24.4 Å². The van der Waals surface area contributed by atoms with Gasteiger partial charge in [0.1, 0.15) is 0 Å². The minimum atomic E-state index is -0.113. The molecule has 1 aromatic heterocycles. The van der Waals surface area contributed by atoms with Gasteiger partial charge in [-0.25, -0.2) is 0 Å². The van der Waals surface area contributed by atoms with Crippen LogP contribution in [0.1, 0.15) is 11.3 Å². The van der Waals surface area contributed by atoms with Crippen molar-refractivity contribution >= 4 is 12.1 Å². The fourth-order valence-electron chi connectivity index (χ4n) is 1.24. The number of aromatic nitrogens is 1. The summed E-state index contributed by atoms with van der Waals surface area (Å²) in [5.41, 5.74) is 5.01. The van der Waals surface area contributed by atoms with Crippen molar-refractivity contribution in [3.63, 3.8) is 0 Å². The molecule has 0 aliphatic rings. The second-order valence-electron chi connectivity index (χ2n) is 3.29. The van der Waals surface area contributed by atoms with Crippen LogP contribution in [0, 0.1) is 0 Å². The summed E-state index contributed by atoms with van der Waals surface area (Å²) in [4.78, 5) is 13.7. The van der Waals surface area contributed by atoms with E-state index in [2.05, 4.69) is 15.5 Å². The topological polar surface area (TPSA) is 60.8 Å². The summed E-state index contributed by atoms with van der Waals surface area (Å²) in [6, 6.07) is 14.5. The average Bonchev–Trinajstić information content (AvgIpc) is 2.41. The van der Waals surface area contributed by atoms with E-state index in [1.165, 1.54) is 6.21 Å². The molecule has 0 atom stereocenters. The Morgan fingerprint density at radius 1 is 1.11 bits per heavy atom.